The van der Waals surface area contributed by atoms with Crippen LogP contribution in [0.1, 0.15) is 16.1 Å². The first-order valence-electron chi connectivity index (χ1n) is 7.97. The van der Waals surface area contributed by atoms with Crippen molar-refractivity contribution in [3.8, 4) is 0 Å². The Morgan fingerprint density at radius 2 is 2.12 bits per heavy atom. The molecule has 1 amide bonds. The summed E-state index contributed by atoms with van der Waals surface area (Å²) in [6.45, 7) is 4.45. The Hall–Kier alpha value is -2.61. The van der Waals surface area contributed by atoms with Crippen LogP contribution >= 0.6 is 0 Å². The minimum atomic E-state index is -0.0437. The first-order chi connectivity index (χ1) is 11.7. The van der Waals surface area contributed by atoms with Gasteiger partial charge in [0.15, 0.2) is 5.82 Å². The van der Waals surface area contributed by atoms with Gasteiger partial charge in [-0.25, -0.2) is 0 Å². The number of aromatic nitrogens is 4. The van der Waals surface area contributed by atoms with E-state index >= 15 is 0 Å². The molecule has 4 heterocycles. The normalized spacial score (nSPS) is 23.2. The standard InChI is InChI=1S/C16H18N6O2/c1-11-2-3-15(20-19-11)22-6-7-24-14-10-21(9-13(14)22)16(23)12-4-5-17-18-8-12/h2-5,8,13-14H,6-7,9-10H2,1H3/t13-,14+/m0/s1. The zero-order valence-corrected chi connectivity index (χ0v) is 13.4. The van der Waals surface area contributed by atoms with E-state index < -0.39 is 0 Å². The van der Waals surface area contributed by atoms with Crippen molar-refractivity contribution < 1.29 is 9.53 Å². The molecule has 0 aliphatic carbocycles. The second-order valence-electron chi connectivity index (χ2n) is 6.04. The van der Waals surface area contributed by atoms with E-state index in [1.807, 2.05) is 24.0 Å². The molecule has 2 aromatic heterocycles. The fourth-order valence-electron chi connectivity index (χ4n) is 3.28. The highest BCUT2D eigenvalue weighted by atomic mass is 16.5. The molecule has 8 heteroatoms. The van der Waals surface area contributed by atoms with Gasteiger partial charge >= 0.3 is 0 Å². The molecule has 24 heavy (non-hydrogen) atoms. The molecule has 0 unspecified atom stereocenters. The summed E-state index contributed by atoms with van der Waals surface area (Å²) in [4.78, 5) is 16.6. The van der Waals surface area contributed by atoms with Crippen molar-refractivity contribution >= 4 is 11.7 Å². The Balaban J connectivity index is 1.54. The zero-order chi connectivity index (χ0) is 16.5. The van der Waals surface area contributed by atoms with E-state index in [0.29, 0.717) is 25.3 Å². The van der Waals surface area contributed by atoms with E-state index in [-0.39, 0.29) is 18.1 Å². The lowest BCUT2D eigenvalue weighted by Crippen LogP contribution is -2.51. The molecule has 0 radical (unpaired) electrons. The van der Waals surface area contributed by atoms with Crippen LogP contribution in [-0.2, 0) is 4.74 Å². The molecule has 2 saturated heterocycles. The average molecular weight is 326 g/mol. The molecule has 2 aromatic rings. The quantitative estimate of drug-likeness (QED) is 0.785. The largest absolute Gasteiger partial charge is 0.372 e. The fraction of sp³-hybridized carbons (Fsp3) is 0.438. The molecule has 124 valence electrons. The zero-order valence-electron chi connectivity index (χ0n) is 13.4. The van der Waals surface area contributed by atoms with E-state index in [4.69, 9.17) is 4.74 Å². The maximum absolute atomic E-state index is 12.6. The van der Waals surface area contributed by atoms with E-state index in [2.05, 4.69) is 25.3 Å². The molecule has 2 aliphatic heterocycles. The Bertz CT molecular complexity index is 723. The second-order valence-corrected chi connectivity index (χ2v) is 6.04. The first kappa shape index (κ1) is 14.9. The van der Waals surface area contributed by atoms with Crippen LogP contribution < -0.4 is 4.90 Å². The molecular weight excluding hydrogens is 308 g/mol. The van der Waals surface area contributed by atoms with Crippen molar-refractivity contribution in [2.75, 3.05) is 31.1 Å². The van der Waals surface area contributed by atoms with Crippen LogP contribution in [0, 0.1) is 6.92 Å². The molecular formula is C16H18N6O2. The Kier molecular flexibility index (Phi) is 3.81. The topological polar surface area (TPSA) is 84.3 Å². The number of hydrogen-bond acceptors (Lipinski definition) is 7. The number of carbonyl (C=O) groups excluding carboxylic acids is 1. The summed E-state index contributed by atoms with van der Waals surface area (Å²) in [5.41, 5.74) is 1.43. The average Bonchev–Trinajstić information content (AvgIpc) is 3.07. The Labute approximate surface area is 139 Å². The van der Waals surface area contributed by atoms with Crippen LogP contribution in [-0.4, -0.2) is 69.6 Å². The molecule has 0 bridgehead atoms. The first-order valence-corrected chi connectivity index (χ1v) is 7.97. The number of carbonyl (C=O) groups is 1. The monoisotopic (exact) mass is 326 g/mol. The SMILES string of the molecule is Cc1ccc(N2CCO[C@@H]3CN(C(=O)c4ccnnc4)C[C@@H]32)nn1. The van der Waals surface area contributed by atoms with Crippen molar-refractivity contribution in [2.24, 2.45) is 0 Å². The summed E-state index contributed by atoms with van der Waals surface area (Å²) in [5.74, 6) is 0.789. The summed E-state index contributed by atoms with van der Waals surface area (Å²) < 4.78 is 5.88. The van der Waals surface area contributed by atoms with Gasteiger partial charge < -0.3 is 14.5 Å². The fourth-order valence-corrected chi connectivity index (χ4v) is 3.28. The highest BCUT2D eigenvalue weighted by molar-refractivity contribution is 5.94. The minimum absolute atomic E-state index is 0.0133. The molecule has 0 spiro atoms. The van der Waals surface area contributed by atoms with Crippen molar-refractivity contribution in [3.63, 3.8) is 0 Å². The minimum Gasteiger partial charge on any atom is -0.372 e. The van der Waals surface area contributed by atoms with Crippen LogP contribution in [0.5, 0.6) is 0 Å². The molecule has 0 N–H and O–H groups in total. The molecule has 8 nitrogen and oxygen atoms in total. The number of aryl methyl sites for hydroxylation is 1. The smallest absolute Gasteiger partial charge is 0.255 e. The highest BCUT2D eigenvalue weighted by Crippen LogP contribution is 2.27. The van der Waals surface area contributed by atoms with Crippen LogP contribution in [0.4, 0.5) is 5.82 Å². The molecule has 0 saturated carbocycles. The molecule has 2 atom stereocenters. The van der Waals surface area contributed by atoms with Crippen LogP contribution in [0.15, 0.2) is 30.6 Å². The van der Waals surface area contributed by atoms with E-state index in [0.717, 1.165) is 18.1 Å². The van der Waals surface area contributed by atoms with Gasteiger partial charge in [0.25, 0.3) is 5.91 Å². The number of hydrogen-bond donors (Lipinski definition) is 0. The summed E-state index contributed by atoms with van der Waals surface area (Å²) in [5, 5.41) is 15.9. The van der Waals surface area contributed by atoms with Gasteiger partial charge in [-0.15, -0.1) is 5.10 Å². The predicted octanol–water partition coefficient (Wildman–Crippen LogP) is 0.305. The Morgan fingerprint density at radius 1 is 1.21 bits per heavy atom. The number of ether oxygens (including phenoxy) is 1. The number of likely N-dealkylation sites (tertiary alicyclic amines) is 1. The lowest BCUT2D eigenvalue weighted by molar-refractivity contribution is 0.0299. The van der Waals surface area contributed by atoms with Gasteiger partial charge in [-0.2, -0.15) is 15.3 Å². The third-order valence-corrected chi connectivity index (χ3v) is 4.50. The number of fused-ring (bicyclic) bond motifs is 1. The number of amides is 1. The van der Waals surface area contributed by atoms with Gasteiger partial charge in [0, 0.05) is 19.6 Å². The van der Waals surface area contributed by atoms with Crippen molar-refractivity contribution in [1.82, 2.24) is 25.3 Å². The van der Waals surface area contributed by atoms with E-state index in [9.17, 15) is 4.79 Å². The van der Waals surface area contributed by atoms with Crippen molar-refractivity contribution in [2.45, 2.75) is 19.1 Å². The van der Waals surface area contributed by atoms with Gasteiger partial charge in [0.05, 0.1) is 42.4 Å². The third kappa shape index (κ3) is 2.69. The number of nitrogens with zero attached hydrogens (tertiary/aromatic N) is 6. The maximum atomic E-state index is 12.6. The lowest BCUT2D eigenvalue weighted by atomic mass is 10.1. The van der Waals surface area contributed by atoms with Gasteiger partial charge in [0.2, 0.25) is 0 Å². The summed E-state index contributed by atoms with van der Waals surface area (Å²) in [6.07, 6.45) is 3.01. The van der Waals surface area contributed by atoms with Gasteiger partial charge in [0.1, 0.15) is 0 Å². The number of anilines is 1. The number of morpholine rings is 1. The molecule has 4 rings (SSSR count). The third-order valence-electron chi connectivity index (χ3n) is 4.50. The van der Waals surface area contributed by atoms with E-state index in [1.165, 1.54) is 12.4 Å². The van der Waals surface area contributed by atoms with Crippen LogP contribution in [0.3, 0.4) is 0 Å². The van der Waals surface area contributed by atoms with Gasteiger partial charge in [-0.05, 0) is 25.1 Å². The molecule has 2 aliphatic rings. The summed E-state index contributed by atoms with van der Waals surface area (Å²) in [6, 6.07) is 5.70. The molecule has 2 fully saturated rings. The number of rotatable bonds is 2. The maximum Gasteiger partial charge on any atom is 0.255 e. The molecule has 0 aromatic carbocycles. The highest BCUT2D eigenvalue weighted by Gasteiger charge is 2.42. The van der Waals surface area contributed by atoms with Gasteiger partial charge in [-0.3, -0.25) is 4.79 Å². The summed E-state index contributed by atoms with van der Waals surface area (Å²) in [7, 11) is 0. The Morgan fingerprint density at radius 3 is 2.88 bits per heavy atom. The van der Waals surface area contributed by atoms with E-state index in [1.54, 1.807) is 6.07 Å². The van der Waals surface area contributed by atoms with Gasteiger partial charge in [-0.1, -0.05) is 0 Å². The lowest BCUT2D eigenvalue weighted by Gasteiger charge is -2.37. The summed E-state index contributed by atoms with van der Waals surface area (Å²) >= 11 is 0. The van der Waals surface area contributed by atoms with Crippen LogP contribution in [0.25, 0.3) is 0 Å². The van der Waals surface area contributed by atoms with Crippen molar-refractivity contribution in [1.29, 1.82) is 0 Å². The van der Waals surface area contributed by atoms with Crippen molar-refractivity contribution in [3.05, 3.63) is 41.9 Å². The van der Waals surface area contributed by atoms with Crippen LogP contribution in [0.2, 0.25) is 0 Å². The second kappa shape index (κ2) is 6.12. The predicted molar refractivity (Wildman–Crippen MR) is 85.6 cm³/mol.